The molecule has 1 aromatic rings. The van der Waals surface area contributed by atoms with Gasteiger partial charge in [0, 0.05) is 29.4 Å². The van der Waals surface area contributed by atoms with Gasteiger partial charge in [0.1, 0.15) is 0 Å². The zero-order chi connectivity index (χ0) is 19.3. The van der Waals surface area contributed by atoms with Gasteiger partial charge < -0.3 is 4.74 Å². The average Bonchev–Trinajstić information content (AvgIpc) is 2.53. The lowest BCUT2D eigenvalue weighted by Crippen LogP contribution is -2.64. The number of nitrogens with zero attached hydrogens (tertiary/aromatic N) is 1. The zero-order valence-electron chi connectivity index (χ0n) is 15.9. The molecular weight excluding hydrogens is 330 g/mol. The fourth-order valence-electron chi connectivity index (χ4n) is 5.65. The molecule has 5 heteroatoms. The molecule has 0 aliphatic heterocycles. The van der Waals surface area contributed by atoms with Gasteiger partial charge >= 0.3 is 5.97 Å². The van der Waals surface area contributed by atoms with E-state index in [4.69, 9.17) is 4.74 Å². The minimum atomic E-state index is -0.696. The highest BCUT2D eigenvalue weighted by Gasteiger charge is 2.70. The highest BCUT2D eigenvalue weighted by atomic mass is 16.6. The third-order valence-corrected chi connectivity index (χ3v) is 6.05. The number of non-ortho nitro benzene ring substituents is 1. The third-order valence-electron chi connectivity index (χ3n) is 6.05. The lowest BCUT2D eigenvalue weighted by atomic mass is 9.36. The van der Waals surface area contributed by atoms with Crippen LogP contribution >= 0.6 is 0 Å². The van der Waals surface area contributed by atoms with Crippen molar-refractivity contribution in [3.63, 3.8) is 0 Å². The fraction of sp³-hybridized carbons (Fsp3) is 0.476. The fourth-order valence-corrected chi connectivity index (χ4v) is 5.65. The number of benzene rings is 1. The van der Waals surface area contributed by atoms with Crippen LogP contribution < -0.4 is 0 Å². The van der Waals surface area contributed by atoms with Crippen molar-refractivity contribution in [1.82, 2.24) is 0 Å². The van der Waals surface area contributed by atoms with Crippen LogP contribution in [-0.2, 0) is 9.53 Å². The van der Waals surface area contributed by atoms with Gasteiger partial charge in [0.2, 0.25) is 0 Å². The molecule has 1 fully saturated rings. The predicted octanol–water partition coefficient (Wildman–Crippen LogP) is 4.79. The van der Waals surface area contributed by atoms with Crippen LogP contribution in [0.1, 0.15) is 46.1 Å². The maximum atomic E-state index is 13.0. The molecule has 2 aliphatic rings. The normalized spacial score (nSPS) is 32.7. The van der Waals surface area contributed by atoms with Gasteiger partial charge in [-0.15, -0.1) is 0 Å². The summed E-state index contributed by atoms with van der Waals surface area (Å²) in [5, 5.41) is 11.0. The van der Waals surface area contributed by atoms with Gasteiger partial charge in [-0.2, -0.15) is 0 Å². The van der Waals surface area contributed by atoms with Crippen LogP contribution in [0.5, 0.6) is 0 Å². The molecule has 0 aromatic heterocycles. The molecule has 0 heterocycles. The molecule has 4 atom stereocenters. The van der Waals surface area contributed by atoms with Crippen molar-refractivity contribution in [2.24, 2.45) is 16.7 Å². The van der Waals surface area contributed by atoms with Crippen LogP contribution in [0.15, 0.2) is 47.6 Å². The van der Waals surface area contributed by atoms with E-state index in [0.717, 1.165) is 5.56 Å². The van der Waals surface area contributed by atoms with E-state index in [-0.39, 0.29) is 28.9 Å². The first-order chi connectivity index (χ1) is 12.2. The van der Waals surface area contributed by atoms with Gasteiger partial charge in [0.25, 0.3) is 5.69 Å². The highest BCUT2D eigenvalue weighted by molar-refractivity contribution is 5.82. The summed E-state index contributed by atoms with van der Waals surface area (Å²) in [6, 6.07) is 6.58. The number of hydrogen-bond acceptors (Lipinski definition) is 4. The molecule has 1 aromatic carbocycles. The Labute approximate surface area is 153 Å². The quantitative estimate of drug-likeness (QED) is 0.442. The number of nitro benzene ring substituents is 1. The number of fused-ring (bicyclic) bond motifs is 1. The number of allylic oxidation sites excluding steroid dienone is 4. The van der Waals surface area contributed by atoms with Crippen LogP contribution in [0.4, 0.5) is 5.69 Å². The van der Waals surface area contributed by atoms with E-state index in [1.54, 1.807) is 12.1 Å². The smallest absolute Gasteiger partial charge is 0.313 e. The first kappa shape index (κ1) is 18.4. The minimum absolute atomic E-state index is 0.0536. The topological polar surface area (TPSA) is 69.4 Å². The third kappa shape index (κ3) is 2.41. The van der Waals surface area contributed by atoms with Crippen molar-refractivity contribution in [3.8, 4) is 0 Å². The van der Waals surface area contributed by atoms with Crippen molar-refractivity contribution in [2.45, 2.75) is 40.5 Å². The molecule has 0 saturated heterocycles. The molecule has 0 amide bonds. The second kappa shape index (κ2) is 6.08. The molecule has 3 rings (SSSR count). The molecule has 0 bridgehead atoms. The van der Waals surface area contributed by atoms with Gasteiger partial charge in [-0.05, 0) is 33.3 Å². The first-order valence-electron chi connectivity index (χ1n) is 8.95. The SMILES string of the molecule is CCOC(=O)[C@]1(C)[C@@H]2C(C)=CC(C)=C[C@]2(C)[C@H]1c1ccc([N+](=O)[O-])cc1. The Balaban J connectivity index is 2.11. The molecule has 0 unspecified atom stereocenters. The van der Waals surface area contributed by atoms with E-state index >= 15 is 0 Å². The number of hydrogen-bond donors (Lipinski definition) is 0. The van der Waals surface area contributed by atoms with Gasteiger partial charge in [-0.3, -0.25) is 14.9 Å². The zero-order valence-corrected chi connectivity index (χ0v) is 15.9. The molecular formula is C21H25NO4. The van der Waals surface area contributed by atoms with Crippen LogP contribution in [0.25, 0.3) is 0 Å². The monoisotopic (exact) mass is 355 g/mol. The van der Waals surface area contributed by atoms with E-state index in [9.17, 15) is 14.9 Å². The van der Waals surface area contributed by atoms with Gasteiger partial charge in [0.15, 0.2) is 0 Å². The maximum Gasteiger partial charge on any atom is 0.313 e. The summed E-state index contributed by atoms with van der Waals surface area (Å²) >= 11 is 0. The average molecular weight is 355 g/mol. The predicted molar refractivity (Wildman–Crippen MR) is 99.7 cm³/mol. The van der Waals surface area contributed by atoms with Crippen molar-refractivity contribution in [1.29, 1.82) is 0 Å². The van der Waals surface area contributed by atoms with Crippen molar-refractivity contribution in [3.05, 3.63) is 63.2 Å². The van der Waals surface area contributed by atoms with E-state index in [2.05, 4.69) is 32.9 Å². The number of carbonyl (C=O) groups is 1. The second-order valence-corrected chi connectivity index (χ2v) is 7.86. The number of esters is 1. The lowest BCUT2D eigenvalue weighted by molar-refractivity contribution is -0.384. The maximum absolute atomic E-state index is 13.0. The molecule has 1 saturated carbocycles. The molecule has 0 spiro atoms. The molecule has 26 heavy (non-hydrogen) atoms. The van der Waals surface area contributed by atoms with E-state index in [0.29, 0.717) is 6.61 Å². The summed E-state index contributed by atoms with van der Waals surface area (Å²) in [6.07, 6.45) is 4.37. The van der Waals surface area contributed by atoms with Gasteiger partial charge in [-0.1, -0.05) is 42.4 Å². The Kier molecular flexibility index (Phi) is 4.29. The molecule has 0 N–H and O–H groups in total. The number of ether oxygens (including phenoxy) is 1. The summed E-state index contributed by atoms with van der Waals surface area (Å²) in [6.45, 7) is 10.4. The van der Waals surface area contributed by atoms with Crippen LogP contribution in [0.3, 0.4) is 0 Å². The Morgan fingerprint density at radius 3 is 2.35 bits per heavy atom. The Hall–Kier alpha value is -2.43. The first-order valence-corrected chi connectivity index (χ1v) is 8.95. The lowest BCUT2D eigenvalue weighted by Gasteiger charge is -2.66. The molecule has 138 valence electrons. The van der Waals surface area contributed by atoms with Gasteiger partial charge in [-0.25, -0.2) is 0 Å². The van der Waals surface area contributed by atoms with E-state index < -0.39 is 10.3 Å². The summed E-state index contributed by atoms with van der Waals surface area (Å²) in [5.74, 6) is -0.247. The summed E-state index contributed by atoms with van der Waals surface area (Å²) in [5.41, 5.74) is 2.43. The Bertz CT molecular complexity index is 823. The van der Waals surface area contributed by atoms with E-state index in [1.807, 2.05) is 13.8 Å². The minimum Gasteiger partial charge on any atom is -0.466 e. The number of carbonyl (C=O) groups excluding carboxylic acids is 1. The number of rotatable bonds is 4. The molecule has 5 nitrogen and oxygen atoms in total. The van der Waals surface area contributed by atoms with Crippen molar-refractivity contribution >= 4 is 11.7 Å². The van der Waals surface area contributed by atoms with Crippen LogP contribution in [0.2, 0.25) is 0 Å². The largest absolute Gasteiger partial charge is 0.466 e. The molecule has 2 aliphatic carbocycles. The van der Waals surface area contributed by atoms with Crippen molar-refractivity contribution in [2.75, 3.05) is 6.61 Å². The van der Waals surface area contributed by atoms with Gasteiger partial charge in [0.05, 0.1) is 16.9 Å². The van der Waals surface area contributed by atoms with E-state index in [1.165, 1.54) is 23.3 Å². The Morgan fingerprint density at radius 1 is 1.19 bits per heavy atom. The number of nitro groups is 1. The molecule has 0 radical (unpaired) electrons. The summed E-state index contributed by atoms with van der Waals surface area (Å²) < 4.78 is 5.44. The summed E-state index contributed by atoms with van der Waals surface area (Å²) in [7, 11) is 0. The Morgan fingerprint density at radius 2 is 1.81 bits per heavy atom. The standard InChI is InChI=1S/C21H25NO4/c1-6-26-19(23)21(5)17-14(3)11-13(2)12-20(17,4)18(21)15-7-9-16(10-8-15)22(24)25/h7-12,17-18H,6H2,1-5H3/t17-,18-,20+,21-/m1/s1. The van der Waals surface area contributed by atoms with Crippen LogP contribution in [0, 0.1) is 26.9 Å². The van der Waals surface area contributed by atoms with Crippen LogP contribution in [-0.4, -0.2) is 17.5 Å². The highest BCUT2D eigenvalue weighted by Crippen LogP contribution is 2.72. The second-order valence-electron chi connectivity index (χ2n) is 7.86. The summed E-state index contributed by atoms with van der Waals surface area (Å²) in [4.78, 5) is 23.5. The van der Waals surface area contributed by atoms with Crippen molar-refractivity contribution < 1.29 is 14.5 Å².